The minimum absolute atomic E-state index is 0.143. The van der Waals surface area contributed by atoms with E-state index in [0.717, 1.165) is 16.5 Å². The Balaban J connectivity index is 2.07. The zero-order valence-electron chi connectivity index (χ0n) is 12.8. The molecule has 0 saturated carbocycles. The summed E-state index contributed by atoms with van der Waals surface area (Å²) in [5.74, 6) is -1.06. The van der Waals surface area contributed by atoms with Crippen molar-refractivity contribution in [1.29, 1.82) is 0 Å². The molecule has 23 heavy (non-hydrogen) atoms. The molecule has 0 heterocycles. The lowest BCUT2D eigenvalue weighted by Gasteiger charge is -2.09. The van der Waals surface area contributed by atoms with Crippen LogP contribution < -0.4 is 0 Å². The number of benzene rings is 2. The Morgan fingerprint density at radius 2 is 1.48 bits per heavy atom. The topological polar surface area (TPSA) is 52.6 Å². The van der Waals surface area contributed by atoms with E-state index >= 15 is 0 Å². The molecule has 0 N–H and O–H groups in total. The second-order valence-corrected chi connectivity index (χ2v) is 5.80. The highest BCUT2D eigenvalue weighted by atomic mass is 79.9. The van der Waals surface area contributed by atoms with Gasteiger partial charge in [-0.1, -0.05) is 47.1 Å². The standard InChI is InChI=1S/C18H17BrO4/c1-2-11-22-17(20)15-5-3-4-6-16(15)18(21)23-12-13-7-9-14(19)10-8-13/h3-10H,2,11-12H2,1H3. The molecule has 0 aromatic heterocycles. The molecule has 0 atom stereocenters. The highest BCUT2D eigenvalue weighted by Crippen LogP contribution is 2.15. The predicted octanol–water partition coefficient (Wildman–Crippen LogP) is 4.37. The fourth-order valence-electron chi connectivity index (χ4n) is 1.92. The van der Waals surface area contributed by atoms with Gasteiger partial charge in [-0.3, -0.25) is 0 Å². The van der Waals surface area contributed by atoms with E-state index in [9.17, 15) is 9.59 Å². The fourth-order valence-corrected chi connectivity index (χ4v) is 2.18. The lowest BCUT2D eigenvalue weighted by atomic mass is 10.1. The molecular formula is C18H17BrO4. The van der Waals surface area contributed by atoms with Crippen molar-refractivity contribution in [3.05, 3.63) is 69.7 Å². The van der Waals surface area contributed by atoms with Crippen molar-refractivity contribution in [1.82, 2.24) is 0 Å². The Bertz CT molecular complexity index is 680. The van der Waals surface area contributed by atoms with Crippen molar-refractivity contribution in [2.75, 3.05) is 6.61 Å². The first kappa shape index (κ1) is 17.2. The van der Waals surface area contributed by atoms with Gasteiger partial charge >= 0.3 is 11.9 Å². The highest BCUT2D eigenvalue weighted by molar-refractivity contribution is 9.10. The van der Waals surface area contributed by atoms with Crippen LogP contribution >= 0.6 is 15.9 Å². The van der Waals surface area contributed by atoms with Gasteiger partial charge in [0, 0.05) is 4.47 Å². The van der Waals surface area contributed by atoms with Gasteiger partial charge in [0.1, 0.15) is 6.61 Å². The second-order valence-electron chi connectivity index (χ2n) is 4.88. The third-order valence-corrected chi connectivity index (χ3v) is 3.62. The van der Waals surface area contributed by atoms with Gasteiger partial charge < -0.3 is 9.47 Å². The highest BCUT2D eigenvalue weighted by Gasteiger charge is 2.18. The van der Waals surface area contributed by atoms with Crippen LogP contribution in [0.15, 0.2) is 53.0 Å². The Kier molecular flexibility index (Phi) is 6.35. The SMILES string of the molecule is CCCOC(=O)c1ccccc1C(=O)OCc1ccc(Br)cc1. The quantitative estimate of drug-likeness (QED) is 0.702. The first-order valence-electron chi connectivity index (χ1n) is 7.29. The number of hydrogen-bond donors (Lipinski definition) is 0. The summed E-state index contributed by atoms with van der Waals surface area (Å²) in [7, 11) is 0. The van der Waals surface area contributed by atoms with E-state index in [0.29, 0.717) is 6.61 Å². The largest absolute Gasteiger partial charge is 0.462 e. The predicted molar refractivity (Wildman–Crippen MR) is 90.3 cm³/mol. The number of ether oxygens (including phenoxy) is 2. The van der Waals surface area contributed by atoms with Crippen LogP contribution in [-0.2, 0) is 16.1 Å². The summed E-state index contributed by atoms with van der Waals surface area (Å²) in [5.41, 5.74) is 1.31. The van der Waals surface area contributed by atoms with E-state index in [1.54, 1.807) is 24.3 Å². The van der Waals surface area contributed by atoms with Crippen LogP contribution in [-0.4, -0.2) is 18.5 Å². The van der Waals surface area contributed by atoms with E-state index in [1.165, 1.54) is 0 Å². The summed E-state index contributed by atoms with van der Waals surface area (Å²) in [5, 5.41) is 0. The molecule has 0 radical (unpaired) electrons. The van der Waals surface area contributed by atoms with Crippen LogP contribution in [0.5, 0.6) is 0 Å². The van der Waals surface area contributed by atoms with Crippen LogP contribution in [0, 0.1) is 0 Å². The monoisotopic (exact) mass is 376 g/mol. The summed E-state index contributed by atoms with van der Waals surface area (Å²) >= 11 is 3.35. The number of halogens is 1. The summed E-state index contributed by atoms with van der Waals surface area (Å²) in [6, 6.07) is 14.0. The summed E-state index contributed by atoms with van der Waals surface area (Å²) in [6.45, 7) is 2.37. The molecule has 120 valence electrons. The summed E-state index contributed by atoms with van der Waals surface area (Å²) < 4.78 is 11.3. The molecule has 5 heteroatoms. The second kappa shape index (κ2) is 8.48. The minimum atomic E-state index is -0.544. The number of esters is 2. The smallest absolute Gasteiger partial charge is 0.339 e. The number of carbonyl (C=O) groups is 2. The maximum absolute atomic E-state index is 12.2. The van der Waals surface area contributed by atoms with Crippen molar-refractivity contribution >= 4 is 27.9 Å². The van der Waals surface area contributed by atoms with Crippen molar-refractivity contribution in [2.24, 2.45) is 0 Å². The van der Waals surface area contributed by atoms with E-state index in [-0.39, 0.29) is 17.7 Å². The minimum Gasteiger partial charge on any atom is -0.462 e. The van der Waals surface area contributed by atoms with Crippen molar-refractivity contribution in [3.63, 3.8) is 0 Å². The molecule has 2 aromatic rings. The van der Waals surface area contributed by atoms with Gasteiger partial charge in [-0.2, -0.15) is 0 Å². The average molecular weight is 377 g/mol. The zero-order chi connectivity index (χ0) is 16.7. The first-order chi connectivity index (χ1) is 11.1. The van der Waals surface area contributed by atoms with Gasteiger partial charge in [-0.05, 0) is 36.2 Å². The van der Waals surface area contributed by atoms with E-state index < -0.39 is 11.9 Å². The Labute approximate surface area is 143 Å². The lowest BCUT2D eigenvalue weighted by molar-refractivity contribution is 0.0439. The molecule has 0 aliphatic rings. The van der Waals surface area contributed by atoms with E-state index in [1.807, 2.05) is 31.2 Å². The lowest BCUT2D eigenvalue weighted by Crippen LogP contribution is -2.14. The molecule has 4 nitrogen and oxygen atoms in total. The molecule has 2 rings (SSSR count). The van der Waals surface area contributed by atoms with E-state index in [2.05, 4.69) is 15.9 Å². The van der Waals surface area contributed by atoms with Gasteiger partial charge in [0.15, 0.2) is 0 Å². The third-order valence-electron chi connectivity index (χ3n) is 3.09. The Morgan fingerprint density at radius 1 is 0.913 bits per heavy atom. The fraction of sp³-hybridized carbons (Fsp3) is 0.222. The third kappa shape index (κ3) is 4.93. The van der Waals surface area contributed by atoms with Gasteiger partial charge in [0.05, 0.1) is 17.7 Å². The average Bonchev–Trinajstić information content (AvgIpc) is 2.59. The van der Waals surface area contributed by atoms with Crippen LogP contribution in [0.3, 0.4) is 0 Å². The Morgan fingerprint density at radius 3 is 2.04 bits per heavy atom. The van der Waals surface area contributed by atoms with Gasteiger partial charge in [0.25, 0.3) is 0 Å². The zero-order valence-corrected chi connectivity index (χ0v) is 14.3. The number of rotatable bonds is 6. The molecule has 0 amide bonds. The molecule has 2 aromatic carbocycles. The van der Waals surface area contributed by atoms with Crippen molar-refractivity contribution in [2.45, 2.75) is 20.0 Å². The van der Waals surface area contributed by atoms with Crippen LogP contribution in [0.4, 0.5) is 0 Å². The molecule has 0 bridgehead atoms. The number of hydrogen-bond acceptors (Lipinski definition) is 4. The molecule has 0 spiro atoms. The number of carbonyl (C=O) groups excluding carboxylic acids is 2. The van der Waals surface area contributed by atoms with Gasteiger partial charge in [-0.25, -0.2) is 9.59 Å². The van der Waals surface area contributed by atoms with Crippen LogP contribution in [0.2, 0.25) is 0 Å². The van der Waals surface area contributed by atoms with Crippen molar-refractivity contribution < 1.29 is 19.1 Å². The summed E-state index contributed by atoms with van der Waals surface area (Å²) in [6.07, 6.45) is 0.724. The summed E-state index contributed by atoms with van der Waals surface area (Å²) in [4.78, 5) is 24.3. The molecule has 0 aliphatic carbocycles. The molecule has 0 aliphatic heterocycles. The molecule has 0 fully saturated rings. The van der Waals surface area contributed by atoms with Crippen LogP contribution in [0.1, 0.15) is 39.6 Å². The molecular weight excluding hydrogens is 360 g/mol. The first-order valence-corrected chi connectivity index (χ1v) is 8.09. The normalized spacial score (nSPS) is 10.2. The Hall–Kier alpha value is -2.14. The van der Waals surface area contributed by atoms with Gasteiger partial charge in [0.2, 0.25) is 0 Å². The molecule has 0 unspecified atom stereocenters. The van der Waals surface area contributed by atoms with Crippen LogP contribution in [0.25, 0.3) is 0 Å². The maximum atomic E-state index is 12.2. The van der Waals surface area contributed by atoms with Gasteiger partial charge in [-0.15, -0.1) is 0 Å². The van der Waals surface area contributed by atoms with Crippen molar-refractivity contribution in [3.8, 4) is 0 Å². The van der Waals surface area contributed by atoms with E-state index in [4.69, 9.17) is 9.47 Å². The maximum Gasteiger partial charge on any atom is 0.339 e. The molecule has 0 saturated heterocycles.